The van der Waals surface area contributed by atoms with Gasteiger partial charge < -0.3 is 5.32 Å². The van der Waals surface area contributed by atoms with E-state index in [4.69, 9.17) is 0 Å². The highest BCUT2D eigenvalue weighted by Crippen LogP contribution is 2.27. The van der Waals surface area contributed by atoms with Crippen molar-refractivity contribution in [2.75, 3.05) is 6.54 Å². The van der Waals surface area contributed by atoms with E-state index >= 15 is 0 Å². The van der Waals surface area contributed by atoms with Crippen molar-refractivity contribution in [2.24, 2.45) is 0 Å². The summed E-state index contributed by atoms with van der Waals surface area (Å²) < 4.78 is 1.43. The predicted molar refractivity (Wildman–Crippen MR) is 91.8 cm³/mol. The van der Waals surface area contributed by atoms with E-state index in [1.165, 1.54) is 54.2 Å². The van der Waals surface area contributed by atoms with Gasteiger partial charge in [0, 0.05) is 10.7 Å². The Labute approximate surface area is 127 Å². The summed E-state index contributed by atoms with van der Waals surface area (Å²) in [5.74, 6) is 0. The van der Waals surface area contributed by atoms with Gasteiger partial charge in [-0.3, -0.25) is 0 Å². The zero-order valence-corrected chi connectivity index (χ0v) is 13.6. The summed E-state index contributed by atoms with van der Waals surface area (Å²) in [7, 11) is 0. The SMILES string of the molecule is CCCNC(CCC)CCCc1csc2ccccc12. The molecule has 1 N–H and O–H groups in total. The van der Waals surface area contributed by atoms with Gasteiger partial charge in [-0.15, -0.1) is 11.3 Å². The summed E-state index contributed by atoms with van der Waals surface area (Å²) in [6.07, 6.45) is 7.64. The highest BCUT2D eigenvalue weighted by Gasteiger charge is 2.08. The van der Waals surface area contributed by atoms with Crippen molar-refractivity contribution < 1.29 is 0 Å². The molecule has 1 aromatic carbocycles. The first-order valence-corrected chi connectivity index (χ1v) is 8.91. The first kappa shape index (κ1) is 15.5. The minimum Gasteiger partial charge on any atom is -0.314 e. The van der Waals surface area contributed by atoms with Crippen LogP contribution in [0.3, 0.4) is 0 Å². The molecule has 2 heteroatoms. The number of hydrogen-bond acceptors (Lipinski definition) is 2. The summed E-state index contributed by atoms with van der Waals surface area (Å²) in [5.41, 5.74) is 1.54. The van der Waals surface area contributed by atoms with Crippen molar-refractivity contribution in [3.05, 3.63) is 35.2 Å². The molecule has 0 bridgehead atoms. The van der Waals surface area contributed by atoms with Crippen molar-refractivity contribution in [1.29, 1.82) is 0 Å². The molecule has 1 unspecified atom stereocenters. The molecule has 1 nitrogen and oxygen atoms in total. The van der Waals surface area contributed by atoms with Crippen molar-refractivity contribution in [3.8, 4) is 0 Å². The second kappa shape index (κ2) is 8.43. The van der Waals surface area contributed by atoms with E-state index in [9.17, 15) is 0 Å². The molecule has 0 aliphatic carbocycles. The number of hydrogen-bond donors (Lipinski definition) is 1. The maximum atomic E-state index is 3.69. The van der Waals surface area contributed by atoms with E-state index in [1.54, 1.807) is 0 Å². The molecule has 0 fully saturated rings. The first-order chi connectivity index (χ1) is 9.85. The van der Waals surface area contributed by atoms with Gasteiger partial charge in [-0.1, -0.05) is 38.5 Å². The summed E-state index contributed by atoms with van der Waals surface area (Å²) in [6.45, 7) is 5.69. The molecule has 110 valence electrons. The lowest BCUT2D eigenvalue weighted by Crippen LogP contribution is -2.29. The largest absolute Gasteiger partial charge is 0.314 e. The van der Waals surface area contributed by atoms with E-state index in [0.29, 0.717) is 6.04 Å². The molecular formula is C18H27NS. The maximum Gasteiger partial charge on any atom is 0.0345 e. The van der Waals surface area contributed by atoms with Gasteiger partial charge in [-0.25, -0.2) is 0 Å². The first-order valence-electron chi connectivity index (χ1n) is 8.03. The molecule has 0 aliphatic heterocycles. The Kier molecular flexibility index (Phi) is 6.55. The van der Waals surface area contributed by atoms with Gasteiger partial charge in [0.1, 0.15) is 0 Å². The number of thiophene rings is 1. The van der Waals surface area contributed by atoms with E-state index in [2.05, 4.69) is 48.8 Å². The van der Waals surface area contributed by atoms with Crippen LogP contribution in [-0.4, -0.2) is 12.6 Å². The Morgan fingerprint density at radius 2 is 1.95 bits per heavy atom. The van der Waals surface area contributed by atoms with E-state index in [-0.39, 0.29) is 0 Å². The average Bonchev–Trinajstić information content (AvgIpc) is 2.88. The smallest absolute Gasteiger partial charge is 0.0345 e. The van der Waals surface area contributed by atoms with Crippen LogP contribution in [0.2, 0.25) is 0 Å². The van der Waals surface area contributed by atoms with E-state index < -0.39 is 0 Å². The van der Waals surface area contributed by atoms with Crippen molar-refractivity contribution in [1.82, 2.24) is 5.32 Å². The lowest BCUT2D eigenvalue weighted by molar-refractivity contribution is 0.438. The molecule has 0 amide bonds. The fraction of sp³-hybridized carbons (Fsp3) is 0.556. The normalized spacial score (nSPS) is 12.9. The summed E-state index contributed by atoms with van der Waals surface area (Å²) >= 11 is 1.88. The molecule has 0 spiro atoms. The molecular weight excluding hydrogens is 262 g/mol. The molecule has 0 saturated heterocycles. The average molecular weight is 289 g/mol. The number of nitrogens with one attached hydrogen (secondary N) is 1. The fourth-order valence-electron chi connectivity index (χ4n) is 2.81. The third-order valence-electron chi connectivity index (χ3n) is 3.88. The number of benzene rings is 1. The predicted octanol–water partition coefficient (Wildman–Crippen LogP) is 5.39. The van der Waals surface area contributed by atoms with Crippen LogP contribution in [0.5, 0.6) is 0 Å². The van der Waals surface area contributed by atoms with Crippen molar-refractivity contribution >= 4 is 21.4 Å². The Balaban J connectivity index is 1.84. The molecule has 1 atom stereocenters. The van der Waals surface area contributed by atoms with Crippen LogP contribution < -0.4 is 5.32 Å². The molecule has 1 aromatic heterocycles. The highest BCUT2D eigenvalue weighted by atomic mass is 32.1. The second-order valence-corrected chi connectivity index (χ2v) is 6.50. The molecule has 20 heavy (non-hydrogen) atoms. The second-order valence-electron chi connectivity index (χ2n) is 5.59. The van der Waals surface area contributed by atoms with Crippen LogP contribution in [0.1, 0.15) is 51.5 Å². The summed E-state index contributed by atoms with van der Waals surface area (Å²) in [6, 6.07) is 9.49. The maximum absolute atomic E-state index is 3.69. The molecule has 2 rings (SSSR count). The zero-order chi connectivity index (χ0) is 14.2. The van der Waals surface area contributed by atoms with E-state index in [0.717, 1.165) is 6.54 Å². The monoisotopic (exact) mass is 289 g/mol. The van der Waals surface area contributed by atoms with Gasteiger partial charge in [0.05, 0.1) is 0 Å². The molecule has 0 aliphatic rings. The Morgan fingerprint density at radius 3 is 2.75 bits per heavy atom. The topological polar surface area (TPSA) is 12.0 Å². The van der Waals surface area contributed by atoms with Crippen LogP contribution in [0.15, 0.2) is 29.6 Å². The van der Waals surface area contributed by atoms with Gasteiger partial charge in [-0.2, -0.15) is 0 Å². The fourth-order valence-corrected chi connectivity index (χ4v) is 3.81. The van der Waals surface area contributed by atoms with Gasteiger partial charge >= 0.3 is 0 Å². The number of fused-ring (bicyclic) bond motifs is 1. The number of aryl methyl sites for hydroxylation is 1. The highest BCUT2D eigenvalue weighted by molar-refractivity contribution is 7.17. The summed E-state index contributed by atoms with van der Waals surface area (Å²) in [5, 5.41) is 7.50. The molecule has 2 aromatic rings. The lowest BCUT2D eigenvalue weighted by atomic mass is 10.0. The Bertz CT molecular complexity index is 503. The number of rotatable bonds is 9. The van der Waals surface area contributed by atoms with Gasteiger partial charge in [0.2, 0.25) is 0 Å². The zero-order valence-electron chi connectivity index (χ0n) is 12.8. The molecule has 0 saturated carbocycles. The van der Waals surface area contributed by atoms with Gasteiger partial charge in [0.15, 0.2) is 0 Å². The lowest BCUT2D eigenvalue weighted by Gasteiger charge is -2.17. The Hall–Kier alpha value is -0.860. The van der Waals surface area contributed by atoms with Crippen LogP contribution in [0, 0.1) is 0 Å². The van der Waals surface area contributed by atoms with Crippen LogP contribution in [-0.2, 0) is 6.42 Å². The van der Waals surface area contributed by atoms with E-state index in [1.807, 2.05) is 11.3 Å². The van der Waals surface area contributed by atoms with Crippen molar-refractivity contribution in [2.45, 2.75) is 58.4 Å². The van der Waals surface area contributed by atoms with Gasteiger partial charge in [-0.05, 0) is 61.0 Å². The quantitative estimate of drug-likeness (QED) is 0.652. The standard InChI is InChI=1S/C18H27NS/c1-3-8-16(19-13-4-2)10-7-9-15-14-20-18-12-6-5-11-17(15)18/h5-6,11-12,14,16,19H,3-4,7-10,13H2,1-2H3. The Morgan fingerprint density at radius 1 is 1.10 bits per heavy atom. The van der Waals surface area contributed by atoms with Crippen molar-refractivity contribution in [3.63, 3.8) is 0 Å². The van der Waals surface area contributed by atoms with Crippen LogP contribution >= 0.6 is 11.3 Å². The third kappa shape index (κ3) is 4.32. The minimum atomic E-state index is 0.713. The van der Waals surface area contributed by atoms with Gasteiger partial charge in [0.25, 0.3) is 0 Å². The minimum absolute atomic E-state index is 0.713. The van der Waals surface area contributed by atoms with Crippen LogP contribution in [0.25, 0.3) is 10.1 Å². The molecule has 0 radical (unpaired) electrons. The molecule has 1 heterocycles. The third-order valence-corrected chi connectivity index (χ3v) is 4.89. The van der Waals surface area contributed by atoms with Crippen LogP contribution in [0.4, 0.5) is 0 Å². The summed E-state index contributed by atoms with van der Waals surface area (Å²) in [4.78, 5) is 0.